The summed E-state index contributed by atoms with van der Waals surface area (Å²) in [7, 11) is 0. The van der Waals surface area contributed by atoms with Gasteiger partial charge in [0, 0.05) is 12.7 Å². The van der Waals surface area contributed by atoms with E-state index in [1.807, 2.05) is 6.92 Å². The zero-order valence-electron chi connectivity index (χ0n) is 14.2. The highest BCUT2D eigenvalue weighted by Gasteiger charge is 2.30. The smallest absolute Gasteiger partial charge is 0.406 e. The number of hydrogen-bond acceptors (Lipinski definition) is 3. The van der Waals surface area contributed by atoms with Gasteiger partial charge in [-0.2, -0.15) is 0 Å². The van der Waals surface area contributed by atoms with Crippen molar-refractivity contribution in [3.05, 3.63) is 65.4 Å². The number of benzene rings is 1. The molecule has 5 nitrogen and oxygen atoms in total. The second kappa shape index (κ2) is 7.26. The third kappa shape index (κ3) is 4.36. The molecule has 27 heavy (non-hydrogen) atoms. The number of hydrogen-bond donors (Lipinski definition) is 1. The Labute approximate surface area is 151 Å². The summed E-state index contributed by atoms with van der Waals surface area (Å²) in [5, 5.41) is 2.67. The second-order valence-electron chi connectivity index (χ2n) is 5.71. The fourth-order valence-corrected chi connectivity index (χ4v) is 2.63. The molecule has 0 aliphatic rings. The molecule has 9 heteroatoms. The molecule has 0 aliphatic heterocycles. The lowest BCUT2D eigenvalue weighted by atomic mass is 10.2. The zero-order chi connectivity index (χ0) is 19.6. The molecule has 3 rings (SSSR count). The number of carbonyl (C=O) groups is 1. The summed E-state index contributed by atoms with van der Waals surface area (Å²) in [4.78, 5) is 16.9. The molecule has 0 unspecified atom stereocenters. The highest BCUT2D eigenvalue weighted by Crippen LogP contribution is 2.22. The Morgan fingerprint density at radius 1 is 1.19 bits per heavy atom. The summed E-state index contributed by atoms with van der Waals surface area (Å²) in [5.74, 6) is -1.31. The molecular formula is C18H15F4N3O2. The number of aromatic nitrogens is 2. The maximum absolute atomic E-state index is 13.5. The average molecular weight is 381 g/mol. The van der Waals surface area contributed by atoms with Crippen molar-refractivity contribution in [2.45, 2.75) is 26.3 Å². The van der Waals surface area contributed by atoms with E-state index in [-0.39, 0.29) is 18.0 Å². The topological polar surface area (TPSA) is 55.6 Å². The molecule has 1 N–H and O–H groups in total. The summed E-state index contributed by atoms with van der Waals surface area (Å²) in [6.45, 7) is 1.91. The maximum Gasteiger partial charge on any atom is 0.573 e. The van der Waals surface area contributed by atoms with E-state index in [0.717, 1.165) is 12.1 Å². The SMILES string of the molecule is CCc1nc2ccc(F)cn2c1C(=O)NCc1ccc(OC(F)(F)F)cc1. The van der Waals surface area contributed by atoms with Crippen LogP contribution in [0, 0.1) is 5.82 Å². The van der Waals surface area contributed by atoms with Gasteiger partial charge in [0.1, 0.15) is 22.9 Å². The van der Waals surface area contributed by atoms with Gasteiger partial charge in [0.2, 0.25) is 0 Å². The van der Waals surface area contributed by atoms with Crippen LogP contribution in [0.3, 0.4) is 0 Å². The molecule has 142 valence electrons. The number of carbonyl (C=O) groups excluding carboxylic acids is 1. The van der Waals surface area contributed by atoms with Gasteiger partial charge in [0.15, 0.2) is 0 Å². The monoisotopic (exact) mass is 381 g/mol. The Balaban J connectivity index is 1.74. The molecule has 3 aromatic rings. The van der Waals surface area contributed by atoms with E-state index in [1.54, 1.807) is 0 Å². The number of nitrogens with zero attached hydrogens (tertiary/aromatic N) is 2. The number of fused-ring (bicyclic) bond motifs is 1. The number of nitrogens with one attached hydrogen (secondary N) is 1. The van der Waals surface area contributed by atoms with Crippen LogP contribution in [-0.2, 0) is 13.0 Å². The quantitative estimate of drug-likeness (QED) is 0.683. The van der Waals surface area contributed by atoms with E-state index < -0.39 is 18.1 Å². The number of imidazole rings is 1. The fourth-order valence-electron chi connectivity index (χ4n) is 2.63. The summed E-state index contributed by atoms with van der Waals surface area (Å²) < 4.78 is 55.2. The van der Waals surface area contributed by atoms with E-state index in [0.29, 0.717) is 23.3 Å². The van der Waals surface area contributed by atoms with Crippen molar-refractivity contribution in [3.8, 4) is 5.75 Å². The van der Waals surface area contributed by atoms with E-state index in [1.165, 1.54) is 34.9 Å². The summed E-state index contributed by atoms with van der Waals surface area (Å²) >= 11 is 0. The Hall–Kier alpha value is -3.10. The van der Waals surface area contributed by atoms with Crippen LogP contribution in [0.2, 0.25) is 0 Å². The normalized spacial score (nSPS) is 11.6. The van der Waals surface area contributed by atoms with Gasteiger partial charge in [-0.1, -0.05) is 19.1 Å². The molecule has 0 bridgehead atoms. The fraction of sp³-hybridized carbons (Fsp3) is 0.222. The van der Waals surface area contributed by atoms with Crippen LogP contribution in [0.15, 0.2) is 42.6 Å². The number of aryl methyl sites for hydroxylation is 1. The van der Waals surface area contributed by atoms with Crippen molar-refractivity contribution >= 4 is 11.6 Å². The van der Waals surface area contributed by atoms with Crippen molar-refractivity contribution in [1.82, 2.24) is 14.7 Å². The second-order valence-corrected chi connectivity index (χ2v) is 5.71. The van der Waals surface area contributed by atoms with Crippen LogP contribution < -0.4 is 10.1 Å². The minimum absolute atomic E-state index is 0.0802. The van der Waals surface area contributed by atoms with E-state index in [2.05, 4.69) is 15.0 Å². The number of ether oxygens (including phenoxy) is 1. The Bertz CT molecular complexity index is 965. The van der Waals surface area contributed by atoms with Crippen LogP contribution in [0.1, 0.15) is 28.7 Å². The maximum atomic E-state index is 13.5. The van der Waals surface area contributed by atoms with Gasteiger partial charge in [-0.3, -0.25) is 9.20 Å². The Kier molecular flexibility index (Phi) is 5.02. The molecule has 0 spiro atoms. The highest BCUT2D eigenvalue weighted by atomic mass is 19.4. The van der Waals surface area contributed by atoms with Gasteiger partial charge in [-0.25, -0.2) is 9.37 Å². The summed E-state index contributed by atoms with van der Waals surface area (Å²) in [6, 6.07) is 7.89. The van der Waals surface area contributed by atoms with Gasteiger partial charge in [0.05, 0.1) is 5.69 Å². The van der Waals surface area contributed by atoms with Gasteiger partial charge < -0.3 is 10.1 Å². The van der Waals surface area contributed by atoms with Crippen LogP contribution in [0.25, 0.3) is 5.65 Å². The minimum atomic E-state index is -4.76. The summed E-state index contributed by atoms with van der Waals surface area (Å²) in [5.41, 5.74) is 1.78. The van der Waals surface area contributed by atoms with Gasteiger partial charge in [-0.05, 0) is 36.2 Å². The van der Waals surface area contributed by atoms with Crippen molar-refractivity contribution in [3.63, 3.8) is 0 Å². The van der Waals surface area contributed by atoms with Crippen LogP contribution in [0.5, 0.6) is 5.75 Å². The summed E-state index contributed by atoms with van der Waals surface area (Å²) in [6.07, 6.45) is -3.10. The van der Waals surface area contributed by atoms with E-state index in [4.69, 9.17) is 0 Å². The first kappa shape index (κ1) is 18.7. The first-order valence-corrected chi connectivity index (χ1v) is 8.06. The number of amides is 1. The van der Waals surface area contributed by atoms with Crippen LogP contribution in [0.4, 0.5) is 17.6 Å². The van der Waals surface area contributed by atoms with Crippen molar-refractivity contribution in [2.75, 3.05) is 0 Å². The molecule has 0 aliphatic carbocycles. The van der Waals surface area contributed by atoms with Crippen LogP contribution in [-0.4, -0.2) is 21.7 Å². The number of halogens is 4. The molecule has 0 saturated carbocycles. The molecule has 2 aromatic heterocycles. The first-order chi connectivity index (χ1) is 12.8. The van der Waals surface area contributed by atoms with Crippen molar-refractivity contribution in [1.29, 1.82) is 0 Å². The molecular weight excluding hydrogens is 366 g/mol. The molecule has 0 saturated heterocycles. The number of alkyl halides is 3. The highest BCUT2D eigenvalue weighted by molar-refractivity contribution is 5.94. The standard InChI is InChI=1S/C18H15F4N3O2/c1-2-14-16(25-10-12(19)5-8-15(25)24-14)17(26)23-9-11-3-6-13(7-4-11)27-18(20,21)22/h3-8,10H,2,9H2,1H3,(H,23,26). The van der Waals surface area contributed by atoms with E-state index in [9.17, 15) is 22.4 Å². The predicted octanol–water partition coefficient (Wildman–Crippen LogP) is 3.86. The van der Waals surface area contributed by atoms with Crippen molar-refractivity contribution < 1.29 is 27.1 Å². The minimum Gasteiger partial charge on any atom is -0.406 e. The van der Waals surface area contributed by atoms with Gasteiger partial charge >= 0.3 is 6.36 Å². The third-order valence-electron chi connectivity index (χ3n) is 3.81. The molecule has 0 atom stereocenters. The van der Waals surface area contributed by atoms with Crippen LogP contribution >= 0.6 is 0 Å². The lowest BCUT2D eigenvalue weighted by molar-refractivity contribution is -0.274. The lowest BCUT2D eigenvalue weighted by Gasteiger charge is -2.10. The van der Waals surface area contributed by atoms with Gasteiger partial charge in [-0.15, -0.1) is 13.2 Å². The number of rotatable bonds is 5. The van der Waals surface area contributed by atoms with E-state index >= 15 is 0 Å². The Morgan fingerprint density at radius 3 is 2.52 bits per heavy atom. The molecule has 1 amide bonds. The Morgan fingerprint density at radius 2 is 1.89 bits per heavy atom. The predicted molar refractivity (Wildman–Crippen MR) is 88.8 cm³/mol. The molecule has 0 radical (unpaired) electrons. The first-order valence-electron chi connectivity index (χ1n) is 8.06. The van der Waals surface area contributed by atoms with Crippen molar-refractivity contribution in [2.24, 2.45) is 0 Å². The molecule has 0 fully saturated rings. The number of pyridine rings is 1. The zero-order valence-corrected chi connectivity index (χ0v) is 14.2. The average Bonchev–Trinajstić information content (AvgIpc) is 2.97. The molecule has 2 heterocycles. The largest absolute Gasteiger partial charge is 0.573 e. The molecule has 1 aromatic carbocycles. The van der Waals surface area contributed by atoms with Gasteiger partial charge in [0.25, 0.3) is 5.91 Å². The third-order valence-corrected chi connectivity index (χ3v) is 3.81. The lowest BCUT2D eigenvalue weighted by Crippen LogP contribution is -2.25.